The van der Waals surface area contributed by atoms with Crippen LogP contribution < -0.4 is 5.73 Å². The van der Waals surface area contributed by atoms with Crippen LogP contribution in [-0.4, -0.2) is 9.91 Å². The van der Waals surface area contributed by atoms with Crippen molar-refractivity contribution in [1.82, 2.24) is 4.98 Å². The van der Waals surface area contributed by atoms with Crippen molar-refractivity contribution in [2.45, 2.75) is 10.6 Å². The number of nitro benzene ring substituents is 1. The molecule has 1 aromatic carbocycles. The lowest BCUT2D eigenvalue weighted by molar-refractivity contribution is -0.387. The lowest BCUT2D eigenvalue weighted by atomic mass is 10.3. The molecule has 0 spiro atoms. The molecular formula is C12H11N3O2S. The summed E-state index contributed by atoms with van der Waals surface area (Å²) >= 11 is 1.41. The lowest BCUT2D eigenvalue weighted by Crippen LogP contribution is -1.92. The molecule has 1 aromatic heterocycles. The van der Waals surface area contributed by atoms with Crippen molar-refractivity contribution in [1.29, 1.82) is 0 Å². The van der Waals surface area contributed by atoms with E-state index in [0.29, 0.717) is 16.5 Å². The van der Waals surface area contributed by atoms with Crippen LogP contribution in [0.3, 0.4) is 0 Å². The first-order chi connectivity index (χ1) is 8.66. The van der Waals surface area contributed by atoms with E-state index in [2.05, 4.69) is 4.98 Å². The summed E-state index contributed by atoms with van der Waals surface area (Å²) < 4.78 is 0. The number of nitrogens with zero attached hydrogens (tertiary/aromatic N) is 2. The highest BCUT2D eigenvalue weighted by Crippen LogP contribution is 2.30. The van der Waals surface area contributed by atoms with Crippen LogP contribution >= 0.6 is 11.8 Å². The highest BCUT2D eigenvalue weighted by atomic mass is 32.2. The number of rotatable bonds is 4. The van der Waals surface area contributed by atoms with Crippen LogP contribution in [-0.2, 0) is 5.75 Å². The Bertz CT molecular complexity index is 558. The van der Waals surface area contributed by atoms with Gasteiger partial charge in [-0.15, -0.1) is 11.8 Å². The Labute approximate surface area is 108 Å². The van der Waals surface area contributed by atoms with E-state index in [1.165, 1.54) is 17.8 Å². The van der Waals surface area contributed by atoms with E-state index in [9.17, 15) is 10.1 Å². The topological polar surface area (TPSA) is 82.0 Å². The maximum atomic E-state index is 10.8. The average molecular weight is 261 g/mol. The Hall–Kier alpha value is -2.08. The number of nitro groups is 1. The van der Waals surface area contributed by atoms with Crippen LogP contribution in [0.1, 0.15) is 5.56 Å². The molecule has 2 aromatic rings. The second kappa shape index (κ2) is 5.50. The molecule has 0 atom stereocenters. The van der Waals surface area contributed by atoms with Crippen molar-refractivity contribution in [3.05, 3.63) is 58.3 Å². The van der Waals surface area contributed by atoms with Crippen LogP contribution in [0.5, 0.6) is 0 Å². The maximum Gasteiger partial charge on any atom is 0.282 e. The third-order valence-electron chi connectivity index (χ3n) is 2.30. The van der Waals surface area contributed by atoms with E-state index in [-0.39, 0.29) is 10.6 Å². The van der Waals surface area contributed by atoms with Crippen molar-refractivity contribution in [3.8, 4) is 0 Å². The van der Waals surface area contributed by atoms with Gasteiger partial charge in [0.2, 0.25) is 0 Å². The highest BCUT2D eigenvalue weighted by Gasteiger charge is 2.12. The van der Waals surface area contributed by atoms with Gasteiger partial charge in [0.15, 0.2) is 0 Å². The van der Waals surface area contributed by atoms with Crippen LogP contribution in [0.15, 0.2) is 47.5 Å². The molecule has 0 aliphatic rings. The normalized spacial score (nSPS) is 10.2. The average Bonchev–Trinajstić information content (AvgIpc) is 2.38. The molecule has 0 aliphatic carbocycles. The van der Waals surface area contributed by atoms with E-state index >= 15 is 0 Å². The number of thioether (sulfide) groups is 1. The molecule has 0 saturated heterocycles. The van der Waals surface area contributed by atoms with Gasteiger partial charge in [-0.05, 0) is 17.7 Å². The van der Waals surface area contributed by atoms with E-state index in [4.69, 9.17) is 5.73 Å². The largest absolute Gasteiger partial charge is 0.384 e. The summed E-state index contributed by atoms with van der Waals surface area (Å²) in [6.07, 6.45) is 1.68. The first-order valence-corrected chi connectivity index (χ1v) is 6.22. The van der Waals surface area contributed by atoms with Crippen LogP contribution in [0.2, 0.25) is 0 Å². The molecule has 92 valence electrons. The zero-order valence-electron chi connectivity index (χ0n) is 9.45. The molecule has 2 rings (SSSR count). The van der Waals surface area contributed by atoms with Gasteiger partial charge in [-0.3, -0.25) is 10.1 Å². The first kappa shape index (κ1) is 12.4. The molecule has 0 saturated carbocycles. The summed E-state index contributed by atoms with van der Waals surface area (Å²) in [4.78, 5) is 15.1. The standard InChI is InChI=1S/C12H11N3O2S/c13-12-6-5-9(7-14-12)8-18-11-4-2-1-3-10(11)15(16)17/h1-7H,8H2,(H2,13,14). The number of hydrogen-bond acceptors (Lipinski definition) is 5. The zero-order chi connectivity index (χ0) is 13.0. The van der Waals surface area contributed by atoms with Gasteiger partial charge in [-0.1, -0.05) is 18.2 Å². The van der Waals surface area contributed by atoms with Crippen molar-refractivity contribution in [3.63, 3.8) is 0 Å². The lowest BCUT2D eigenvalue weighted by Gasteiger charge is -2.03. The monoisotopic (exact) mass is 261 g/mol. The van der Waals surface area contributed by atoms with Gasteiger partial charge in [0, 0.05) is 18.0 Å². The van der Waals surface area contributed by atoms with Gasteiger partial charge < -0.3 is 5.73 Å². The fourth-order valence-electron chi connectivity index (χ4n) is 1.41. The Morgan fingerprint density at radius 3 is 2.72 bits per heavy atom. The molecule has 0 amide bonds. The van der Waals surface area contributed by atoms with Crippen LogP contribution in [0.4, 0.5) is 11.5 Å². The van der Waals surface area contributed by atoms with E-state index in [1.54, 1.807) is 30.5 Å². The zero-order valence-corrected chi connectivity index (χ0v) is 10.3. The minimum Gasteiger partial charge on any atom is -0.384 e. The van der Waals surface area contributed by atoms with Crippen LogP contribution in [0.25, 0.3) is 0 Å². The van der Waals surface area contributed by atoms with E-state index in [0.717, 1.165) is 5.56 Å². The molecule has 0 unspecified atom stereocenters. The van der Waals surface area contributed by atoms with Gasteiger partial charge in [-0.2, -0.15) is 0 Å². The quantitative estimate of drug-likeness (QED) is 0.520. The molecule has 2 N–H and O–H groups in total. The number of aromatic nitrogens is 1. The second-order valence-corrected chi connectivity index (χ2v) is 4.62. The molecule has 1 heterocycles. The first-order valence-electron chi connectivity index (χ1n) is 5.23. The molecular weight excluding hydrogens is 250 g/mol. The van der Waals surface area contributed by atoms with Crippen molar-refractivity contribution < 1.29 is 4.92 Å². The highest BCUT2D eigenvalue weighted by molar-refractivity contribution is 7.98. The summed E-state index contributed by atoms with van der Waals surface area (Å²) in [5, 5.41) is 10.8. The molecule has 6 heteroatoms. The Balaban J connectivity index is 2.10. The number of pyridine rings is 1. The SMILES string of the molecule is Nc1ccc(CSc2ccccc2[N+](=O)[O-])cn1. The maximum absolute atomic E-state index is 10.8. The van der Waals surface area contributed by atoms with Crippen LogP contribution in [0, 0.1) is 10.1 Å². The van der Waals surface area contributed by atoms with E-state index in [1.807, 2.05) is 6.07 Å². The summed E-state index contributed by atoms with van der Waals surface area (Å²) in [6, 6.07) is 10.3. The molecule has 0 fully saturated rings. The summed E-state index contributed by atoms with van der Waals surface area (Å²) in [5.74, 6) is 1.09. The number of anilines is 1. The predicted molar refractivity (Wildman–Crippen MR) is 71.3 cm³/mol. The third kappa shape index (κ3) is 2.98. The number of para-hydroxylation sites is 1. The minimum absolute atomic E-state index is 0.130. The molecule has 0 aliphatic heterocycles. The second-order valence-electron chi connectivity index (χ2n) is 3.60. The van der Waals surface area contributed by atoms with Gasteiger partial charge in [0.1, 0.15) is 5.82 Å². The summed E-state index contributed by atoms with van der Waals surface area (Å²) in [7, 11) is 0. The fraction of sp³-hybridized carbons (Fsp3) is 0.0833. The van der Waals surface area contributed by atoms with E-state index < -0.39 is 0 Å². The third-order valence-corrected chi connectivity index (χ3v) is 3.44. The minimum atomic E-state index is -0.371. The van der Waals surface area contributed by atoms with Gasteiger partial charge in [-0.25, -0.2) is 4.98 Å². The Morgan fingerprint density at radius 2 is 2.06 bits per heavy atom. The fourth-order valence-corrected chi connectivity index (χ4v) is 2.37. The summed E-state index contributed by atoms with van der Waals surface area (Å²) in [5.41, 5.74) is 6.60. The molecule has 0 bridgehead atoms. The molecule has 18 heavy (non-hydrogen) atoms. The van der Waals surface area contributed by atoms with Gasteiger partial charge in [0.25, 0.3) is 5.69 Å². The van der Waals surface area contributed by atoms with Gasteiger partial charge in [0.05, 0.1) is 9.82 Å². The Morgan fingerprint density at radius 1 is 1.28 bits per heavy atom. The smallest absolute Gasteiger partial charge is 0.282 e. The van der Waals surface area contributed by atoms with Crippen molar-refractivity contribution in [2.24, 2.45) is 0 Å². The predicted octanol–water partition coefficient (Wildman–Crippen LogP) is 2.86. The number of nitrogens with two attached hydrogens (primary N) is 1. The van der Waals surface area contributed by atoms with Gasteiger partial charge >= 0.3 is 0 Å². The molecule has 5 nitrogen and oxygen atoms in total. The summed E-state index contributed by atoms with van der Waals surface area (Å²) in [6.45, 7) is 0. The van der Waals surface area contributed by atoms with Crippen molar-refractivity contribution in [2.75, 3.05) is 5.73 Å². The number of nitrogen functional groups attached to an aromatic ring is 1. The van der Waals surface area contributed by atoms with Crippen molar-refractivity contribution >= 4 is 23.3 Å². The number of benzene rings is 1. The Kier molecular flexibility index (Phi) is 3.78. The molecule has 0 radical (unpaired) electrons. The number of hydrogen-bond donors (Lipinski definition) is 1.